The fraction of sp³-hybridized carbons (Fsp3) is 0.727. The predicted molar refractivity (Wildman–Crippen MR) is 234 cm³/mol. The van der Waals surface area contributed by atoms with Crippen LogP contribution < -0.4 is 0 Å². The van der Waals surface area contributed by atoms with E-state index in [0.29, 0.717) is 0 Å². The Morgan fingerprint density at radius 2 is 0.660 bits per heavy atom. The maximum absolute atomic E-state index is 11.6. The van der Waals surface area contributed by atoms with Crippen LogP contribution in [0.15, 0.2) is 12.1 Å². The van der Waals surface area contributed by atoms with Crippen LogP contribution in [0.4, 0.5) is 0 Å². The first-order valence-corrected chi connectivity index (χ1v) is 22.1. The van der Waals surface area contributed by atoms with Gasteiger partial charge in [0.05, 0.1) is 6.10 Å². The Balaban J connectivity index is 4.88. The zero-order valence-electron chi connectivity index (χ0n) is 22.8. The minimum Gasteiger partial charge on any atom is -0.388 e. The molecule has 0 aliphatic rings. The molecule has 1 nitrogen and oxygen atoms in total. The van der Waals surface area contributed by atoms with Crippen LogP contribution in [0.25, 0.3) is 0 Å². The van der Waals surface area contributed by atoms with Crippen LogP contribution in [0.2, 0.25) is 0 Å². The third kappa shape index (κ3) is 9.64. The Kier molecular flexibility index (Phi) is 19.4. The van der Waals surface area contributed by atoms with Crippen molar-refractivity contribution in [1.29, 1.82) is 0 Å². The molecule has 0 bridgehead atoms. The molecule has 0 fully saturated rings. The van der Waals surface area contributed by atoms with E-state index in [1.807, 2.05) is 0 Å². The van der Waals surface area contributed by atoms with Gasteiger partial charge in [0.15, 0.2) is 26.0 Å². The van der Waals surface area contributed by atoms with Gasteiger partial charge in [0.1, 0.15) is 0 Å². The molecule has 0 radical (unpaired) electrons. The largest absolute Gasteiger partial charge is 0.388 e. The first-order valence-electron chi connectivity index (χ1n) is 11.9. The van der Waals surface area contributed by atoms with E-state index < -0.39 is 78.7 Å². The van der Waals surface area contributed by atoms with Gasteiger partial charge in [-0.2, -0.15) is 0 Å². The van der Waals surface area contributed by atoms with Crippen molar-refractivity contribution in [3.63, 3.8) is 0 Å². The third-order valence-electron chi connectivity index (χ3n) is 6.55. The number of aliphatic hydroxyl groups is 1. The second-order valence-electron chi connectivity index (χ2n) is 9.95. The zero-order valence-corrected chi connectivity index (χ0v) is 43.2. The molecule has 1 N–H and O–H groups in total. The average Bonchev–Trinajstić information content (AvgIpc) is 2.89. The molecule has 1 unspecified atom stereocenters. The summed E-state index contributed by atoms with van der Waals surface area (Å²) in [5.41, 5.74) is -2.51. The SMILES string of the molecule is CCCC(O)c1c(C(Cl)(Cl)C(Cl)(Cl)C(Cl)(Cl)C(Cl)(Cl)Cl)cc(C(Cl)(Cl)C(Cl)(Cl)C(Cl)(Cl)C(Cl)(Cl)Cl)cc1C(Cl)(Cl)C(Cl)(Cl)C(Cl)(Cl)C(Cl)(Cl)Cl. The molecule has 0 aliphatic heterocycles. The molecule has 294 valence electrons. The molecular formula is C22H11Cl27O. The van der Waals surface area contributed by atoms with Crippen molar-refractivity contribution in [3.05, 3.63) is 34.4 Å². The number of benzene rings is 1. The summed E-state index contributed by atoms with van der Waals surface area (Å²) in [7, 11) is 0. The van der Waals surface area contributed by atoms with E-state index in [-0.39, 0.29) is 12.8 Å². The van der Waals surface area contributed by atoms with Gasteiger partial charge in [0.2, 0.25) is 24.4 Å². The van der Waals surface area contributed by atoms with Crippen LogP contribution in [0.3, 0.4) is 0 Å². The second-order valence-corrected chi connectivity index (χ2v) is 28.7. The van der Waals surface area contributed by atoms with Gasteiger partial charge in [0, 0.05) is 0 Å². The maximum Gasteiger partial charge on any atom is 0.226 e. The summed E-state index contributed by atoms with van der Waals surface area (Å²) in [5.74, 6) is 0. The molecule has 0 heterocycles. The van der Waals surface area contributed by atoms with Gasteiger partial charge in [-0.05, 0) is 40.8 Å². The van der Waals surface area contributed by atoms with E-state index >= 15 is 0 Å². The van der Waals surface area contributed by atoms with Crippen LogP contribution in [0, 0.1) is 0 Å². The summed E-state index contributed by atoms with van der Waals surface area (Å²) in [6, 6.07) is 1.75. The Morgan fingerprint density at radius 1 is 0.420 bits per heavy atom. The van der Waals surface area contributed by atoms with Crippen molar-refractivity contribution < 1.29 is 5.11 Å². The molecule has 0 amide bonds. The van der Waals surface area contributed by atoms with Crippen LogP contribution in [0.1, 0.15) is 48.1 Å². The lowest BCUT2D eigenvalue weighted by atomic mass is 9.84. The van der Waals surface area contributed by atoms with Gasteiger partial charge < -0.3 is 5.11 Å². The van der Waals surface area contributed by atoms with E-state index in [9.17, 15) is 5.11 Å². The molecule has 0 aliphatic carbocycles. The average molecular weight is 1250 g/mol. The van der Waals surface area contributed by atoms with Gasteiger partial charge in [0.25, 0.3) is 0 Å². The second kappa shape index (κ2) is 17.6. The smallest absolute Gasteiger partial charge is 0.226 e. The standard InChI is InChI=1S/C22H11Cl27O/c1-2-3-9(50)10-7(12(25,26)15(31,32)18(37,38)21(44,45)46)4-6(11(23,24)14(29,30)17(35,36)20(41,42)43)5-8(10)13(27,28)16(33,34)19(39,40)22(47,48)49/h4-5,9,50H,2-3H2,1H3. The van der Waals surface area contributed by atoms with E-state index in [1.54, 1.807) is 6.92 Å². The molecule has 1 aromatic carbocycles. The molecule has 0 aromatic heterocycles. The summed E-state index contributed by atoms with van der Waals surface area (Å²) in [5, 5.41) is 11.6. The third-order valence-corrected chi connectivity index (χ3v) is 22.9. The van der Waals surface area contributed by atoms with Crippen molar-refractivity contribution in [2.75, 3.05) is 0 Å². The number of aliphatic hydroxyl groups excluding tert-OH is 1. The predicted octanol–water partition coefficient (Wildman–Crippen LogP) is 18.6. The highest BCUT2D eigenvalue weighted by atomic mass is 35.6. The summed E-state index contributed by atoms with van der Waals surface area (Å²) in [6.07, 6.45) is -1.67. The molecular weight excluding hydrogens is 1240 g/mol. The number of hydrogen-bond acceptors (Lipinski definition) is 1. The van der Waals surface area contributed by atoms with Crippen molar-refractivity contribution in [3.8, 4) is 0 Å². The Bertz CT molecular complexity index is 1310. The normalized spacial score (nSPS) is 16.6. The highest BCUT2D eigenvalue weighted by Crippen LogP contribution is 2.71. The number of rotatable bonds is 12. The van der Waals surface area contributed by atoms with Gasteiger partial charge in [-0.1, -0.05) is 327 Å². The van der Waals surface area contributed by atoms with Gasteiger partial charge in [-0.3, -0.25) is 0 Å². The minimum atomic E-state index is -3.05. The summed E-state index contributed by atoms with van der Waals surface area (Å²) < 4.78 is -35.0. The van der Waals surface area contributed by atoms with E-state index in [4.69, 9.17) is 313 Å². The van der Waals surface area contributed by atoms with Crippen molar-refractivity contribution >= 4 is 313 Å². The van der Waals surface area contributed by atoms with E-state index in [2.05, 4.69) is 0 Å². The lowest BCUT2D eigenvalue weighted by Gasteiger charge is -2.48. The molecule has 50 heavy (non-hydrogen) atoms. The zero-order chi connectivity index (χ0) is 40.7. The minimum absolute atomic E-state index is 0.154. The first kappa shape index (κ1) is 55.0. The number of halogens is 27. The lowest BCUT2D eigenvalue weighted by molar-refractivity contribution is 0.163. The topological polar surface area (TPSA) is 20.2 Å². The quantitative estimate of drug-likeness (QED) is 0.207. The van der Waals surface area contributed by atoms with E-state index in [0.717, 1.165) is 12.1 Å². The van der Waals surface area contributed by atoms with Crippen LogP contribution >= 0.6 is 313 Å². The van der Waals surface area contributed by atoms with Gasteiger partial charge in [-0.25, -0.2) is 0 Å². The van der Waals surface area contributed by atoms with Crippen LogP contribution in [-0.2, 0) is 13.0 Å². The molecule has 1 aromatic rings. The summed E-state index contributed by atoms with van der Waals surface area (Å²) in [6.45, 7) is 1.65. The van der Waals surface area contributed by atoms with Crippen molar-refractivity contribution in [2.45, 2.75) is 76.2 Å². The van der Waals surface area contributed by atoms with Crippen LogP contribution in [0.5, 0.6) is 0 Å². The number of alkyl halides is 27. The Morgan fingerprint density at radius 3 is 0.880 bits per heavy atom. The maximum atomic E-state index is 11.6. The lowest BCUT2D eigenvalue weighted by Crippen LogP contribution is -2.57. The highest BCUT2D eigenvalue weighted by Gasteiger charge is 2.73. The summed E-state index contributed by atoms with van der Waals surface area (Å²) >= 11 is 173. The summed E-state index contributed by atoms with van der Waals surface area (Å²) in [4.78, 5) is 0. The fourth-order valence-electron chi connectivity index (χ4n) is 3.78. The monoisotopic (exact) mass is 1240 g/mol. The highest BCUT2D eigenvalue weighted by molar-refractivity contribution is 6.82. The molecule has 0 spiro atoms. The Hall–Kier alpha value is 7.01. The first-order chi connectivity index (χ1) is 21.4. The van der Waals surface area contributed by atoms with Gasteiger partial charge >= 0.3 is 0 Å². The van der Waals surface area contributed by atoms with E-state index in [1.165, 1.54) is 0 Å². The Labute approximate surface area is 422 Å². The van der Waals surface area contributed by atoms with Gasteiger partial charge in [-0.15, -0.1) is 0 Å². The molecule has 28 heteroatoms. The molecule has 1 rings (SSSR count). The molecule has 0 saturated carbocycles. The fourth-order valence-corrected chi connectivity index (χ4v) is 10.5. The van der Waals surface area contributed by atoms with Crippen LogP contribution in [-0.4, -0.2) is 42.5 Å². The molecule has 0 saturated heterocycles. The number of hydrogen-bond donors (Lipinski definition) is 1. The molecule has 1 atom stereocenters. The van der Waals surface area contributed by atoms with Crippen molar-refractivity contribution in [2.24, 2.45) is 0 Å². The van der Waals surface area contributed by atoms with Crippen molar-refractivity contribution in [1.82, 2.24) is 0 Å².